The van der Waals surface area contributed by atoms with Gasteiger partial charge in [-0.15, -0.1) is 0 Å². The molecule has 3 saturated heterocycles. The van der Waals surface area contributed by atoms with Crippen LogP contribution in [-0.2, 0) is 9.59 Å². The number of imide groups is 2. The van der Waals surface area contributed by atoms with Gasteiger partial charge in [0.1, 0.15) is 6.04 Å². The molecule has 1 N–H and O–H groups in total. The highest BCUT2D eigenvalue weighted by molar-refractivity contribution is 6.23. The Balaban J connectivity index is 1.06. The van der Waals surface area contributed by atoms with Crippen LogP contribution >= 0.6 is 0 Å². The molecule has 4 heterocycles. The van der Waals surface area contributed by atoms with E-state index in [4.69, 9.17) is 0 Å². The molecule has 196 valence electrons. The zero-order valence-corrected chi connectivity index (χ0v) is 20.5. The molecule has 6 rings (SSSR count). The lowest BCUT2D eigenvalue weighted by atomic mass is 10.0. The third-order valence-corrected chi connectivity index (χ3v) is 7.91. The van der Waals surface area contributed by atoms with Crippen molar-refractivity contribution in [1.82, 2.24) is 15.1 Å². The summed E-state index contributed by atoms with van der Waals surface area (Å²) in [5, 5.41) is 13.1. The first-order valence-electron chi connectivity index (χ1n) is 12.6. The molecule has 0 aliphatic carbocycles. The van der Waals surface area contributed by atoms with Gasteiger partial charge in [0.2, 0.25) is 11.8 Å². The Morgan fingerprint density at radius 1 is 0.816 bits per heavy atom. The fourth-order valence-corrected chi connectivity index (χ4v) is 5.68. The summed E-state index contributed by atoms with van der Waals surface area (Å²) in [6, 6.07) is 11.3. The maximum Gasteiger partial charge on any atom is 0.269 e. The number of nitrogens with one attached hydrogen (secondary N) is 1. The largest absolute Gasteiger partial charge is 0.369 e. The molecule has 1 atom stereocenters. The molecule has 0 saturated carbocycles. The molecule has 0 aromatic heterocycles. The minimum atomic E-state index is -0.971. The third-order valence-electron chi connectivity index (χ3n) is 7.91. The van der Waals surface area contributed by atoms with Crippen LogP contribution in [0.15, 0.2) is 42.5 Å². The number of carbonyl (C=O) groups excluding carboxylic acids is 4. The van der Waals surface area contributed by atoms with Gasteiger partial charge < -0.3 is 9.80 Å². The lowest BCUT2D eigenvalue weighted by Crippen LogP contribution is -2.63. The van der Waals surface area contributed by atoms with Crippen molar-refractivity contribution in [2.24, 2.45) is 0 Å². The molecular formula is C26H26N6O6. The van der Waals surface area contributed by atoms with E-state index in [9.17, 15) is 29.3 Å². The van der Waals surface area contributed by atoms with Gasteiger partial charge in [0, 0.05) is 75.2 Å². The molecule has 0 spiro atoms. The average Bonchev–Trinajstić information content (AvgIpc) is 3.13. The number of hydrogen-bond donors (Lipinski definition) is 1. The van der Waals surface area contributed by atoms with Crippen LogP contribution < -0.4 is 15.1 Å². The fraction of sp³-hybridized carbons (Fsp3) is 0.385. The number of carbonyl (C=O) groups is 4. The highest BCUT2D eigenvalue weighted by atomic mass is 16.6. The first kappa shape index (κ1) is 24.0. The Kier molecular flexibility index (Phi) is 5.83. The Hall–Kier alpha value is -4.32. The van der Waals surface area contributed by atoms with E-state index in [2.05, 4.69) is 20.0 Å². The van der Waals surface area contributed by atoms with Crippen molar-refractivity contribution in [3.8, 4) is 0 Å². The average molecular weight is 519 g/mol. The fourth-order valence-electron chi connectivity index (χ4n) is 5.68. The topological polar surface area (TPSA) is 136 Å². The van der Waals surface area contributed by atoms with Crippen LogP contribution in [0.3, 0.4) is 0 Å². The zero-order chi connectivity index (χ0) is 26.6. The van der Waals surface area contributed by atoms with Gasteiger partial charge in [-0.25, -0.2) is 0 Å². The SMILES string of the molecule is O=C1CCC(N2C(=O)c3ccc(N4CC(N5CCN(c6ccc([N+](=O)[O-])cc6)CC5)C4)cc3C2=O)C(=O)N1. The van der Waals surface area contributed by atoms with Crippen molar-refractivity contribution in [2.75, 3.05) is 49.1 Å². The standard InChI is InChI=1S/C26H26N6O6/c33-23-8-7-22(24(34)27-23)31-25(35)20-6-5-18(13-21(20)26(31)36)30-14-19(15-30)29-11-9-28(10-12-29)16-1-3-17(4-2-16)32(37)38/h1-6,13,19,22H,7-12,14-15H2,(H,27,33,34). The van der Waals surface area contributed by atoms with E-state index in [-0.39, 0.29) is 29.7 Å². The summed E-state index contributed by atoms with van der Waals surface area (Å²) in [5.74, 6) is -2.01. The number of rotatable bonds is 5. The highest BCUT2D eigenvalue weighted by Crippen LogP contribution is 2.33. The summed E-state index contributed by atoms with van der Waals surface area (Å²) >= 11 is 0. The van der Waals surface area contributed by atoms with Crippen LogP contribution in [0.2, 0.25) is 0 Å². The summed E-state index contributed by atoms with van der Waals surface area (Å²) in [6.07, 6.45) is 0.223. The molecule has 12 heteroatoms. The number of piperazine rings is 1. The number of fused-ring (bicyclic) bond motifs is 1. The number of amides is 4. The lowest BCUT2D eigenvalue weighted by Gasteiger charge is -2.49. The molecular weight excluding hydrogens is 492 g/mol. The number of hydrogen-bond acceptors (Lipinski definition) is 9. The number of nitro benzene ring substituents is 1. The third kappa shape index (κ3) is 4.06. The Morgan fingerprint density at radius 3 is 2.13 bits per heavy atom. The molecule has 38 heavy (non-hydrogen) atoms. The molecule has 2 aromatic carbocycles. The summed E-state index contributed by atoms with van der Waals surface area (Å²) in [4.78, 5) is 68.1. The molecule has 0 bridgehead atoms. The van der Waals surface area contributed by atoms with Crippen molar-refractivity contribution in [3.05, 3.63) is 63.7 Å². The van der Waals surface area contributed by atoms with Crippen molar-refractivity contribution < 1.29 is 24.1 Å². The molecule has 2 aromatic rings. The second-order valence-electron chi connectivity index (χ2n) is 10.0. The predicted molar refractivity (Wildman–Crippen MR) is 136 cm³/mol. The second-order valence-corrected chi connectivity index (χ2v) is 10.0. The molecule has 1 unspecified atom stereocenters. The molecule has 0 radical (unpaired) electrons. The monoisotopic (exact) mass is 518 g/mol. The summed E-state index contributed by atoms with van der Waals surface area (Å²) in [7, 11) is 0. The zero-order valence-electron chi connectivity index (χ0n) is 20.5. The van der Waals surface area contributed by atoms with Crippen molar-refractivity contribution in [3.63, 3.8) is 0 Å². The smallest absolute Gasteiger partial charge is 0.269 e. The van der Waals surface area contributed by atoms with Crippen LogP contribution in [0.1, 0.15) is 33.6 Å². The summed E-state index contributed by atoms with van der Waals surface area (Å²) in [6.45, 7) is 5.03. The maximum absolute atomic E-state index is 13.1. The van der Waals surface area contributed by atoms with Crippen LogP contribution in [0.5, 0.6) is 0 Å². The molecule has 4 aliphatic rings. The van der Waals surface area contributed by atoms with Gasteiger partial charge in [0.15, 0.2) is 0 Å². The van der Waals surface area contributed by atoms with Gasteiger partial charge >= 0.3 is 0 Å². The highest BCUT2D eigenvalue weighted by Gasteiger charge is 2.45. The van der Waals surface area contributed by atoms with E-state index < -0.39 is 34.6 Å². The van der Waals surface area contributed by atoms with Gasteiger partial charge in [0.05, 0.1) is 16.1 Å². The number of non-ortho nitro benzene ring substituents is 1. The number of anilines is 2. The molecule has 4 aliphatic heterocycles. The quantitative estimate of drug-likeness (QED) is 0.349. The second kappa shape index (κ2) is 9.21. The summed E-state index contributed by atoms with van der Waals surface area (Å²) < 4.78 is 0. The van der Waals surface area contributed by atoms with Crippen LogP contribution in [0.25, 0.3) is 0 Å². The van der Waals surface area contributed by atoms with Crippen molar-refractivity contribution >= 4 is 40.7 Å². The van der Waals surface area contributed by atoms with E-state index in [0.717, 1.165) is 55.5 Å². The van der Waals surface area contributed by atoms with Gasteiger partial charge in [-0.05, 0) is 36.8 Å². The normalized spacial score (nSPS) is 22.4. The first-order chi connectivity index (χ1) is 18.3. The van der Waals surface area contributed by atoms with Gasteiger partial charge in [-0.3, -0.25) is 44.4 Å². The van der Waals surface area contributed by atoms with Gasteiger partial charge in [-0.1, -0.05) is 0 Å². The van der Waals surface area contributed by atoms with Gasteiger partial charge in [-0.2, -0.15) is 0 Å². The van der Waals surface area contributed by atoms with E-state index in [1.54, 1.807) is 24.3 Å². The van der Waals surface area contributed by atoms with Crippen LogP contribution in [0, 0.1) is 10.1 Å². The summed E-state index contributed by atoms with van der Waals surface area (Å²) in [5.41, 5.74) is 2.49. The maximum atomic E-state index is 13.1. The molecule has 4 amide bonds. The predicted octanol–water partition coefficient (Wildman–Crippen LogP) is 1.01. The number of piperidine rings is 1. The van der Waals surface area contributed by atoms with E-state index in [1.807, 2.05) is 6.07 Å². The number of benzene rings is 2. The number of nitrogens with zero attached hydrogens (tertiary/aromatic N) is 5. The number of nitro groups is 1. The van der Waals surface area contributed by atoms with Crippen LogP contribution in [-0.4, -0.2) is 89.7 Å². The van der Waals surface area contributed by atoms with Crippen molar-refractivity contribution in [2.45, 2.75) is 24.9 Å². The van der Waals surface area contributed by atoms with Gasteiger partial charge in [0.25, 0.3) is 17.5 Å². The minimum Gasteiger partial charge on any atom is -0.369 e. The first-order valence-corrected chi connectivity index (χ1v) is 12.6. The molecule has 12 nitrogen and oxygen atoms in total. The Bertz CT molecular complexity index is 1350. The lowest BCUT2D eigenvalue weighted by molar-refractivity contribution is -0.384. The molecule has 3 fully saturated rings. The van der Waals surface area contributed by atoms with E-state index in [1.165, 1.54) is 12.1 Å². The van der Waals surface area contributed by atoms with Crippen molar-refractivity contribution in [1.29, 1.82) is 0 Å². The van der Waals surface area contributed by atoms with E-state index in [0.29, 0.717) is 6.04 Å². The Morgan fingerprint density at radius 2 is 1.47 bits per heavy atom. The van der Waals surface area contributed by atoms with E-state index >= 15 is 0 Å². The minimum absolute atomic E-state index is 0.0863. The van der Waals surface area contributed by atoms with Crippen LogP contribution in [0.4, 0.5) is 17.1 Å². The Labute approximate surface area is 217 Å².